The highest BCUT2D eigenvalue weighted by Crippen LogP contribution is 2.31. The molecule has 0 saturated carbocycles. The van der Waals surface area contributed by atoms with Crippen LogP contribution in [0.1, 0.15) is 16.2 Å². The van der Waals surface area contributed by atoms with Gasteiger partial charge in [0, 0.05) is 18.0 Å². The molecule has 1 fully saturated rings. The Morgan fingerprint density at radius 2 is 2.04 bits per heavy atom. The molecule has 0 unspecified atom stereocenters. The number of hydrogen-bond acceptors (Lipinski definition) is 7. The van der Waals surface area contributed by atoms with Gasteiger partial charge in [0.2, 0.25) is 0 Å². The van der Waals surface area contributed by atoms with Crippen LogP contribution in [0.2, 0.25) is 0 Å². The van der Waals surface area contributed by atoms with Crippen molar-refractivity contribution in [3.63, 3.8) is 0 Å². The zero-order chi connectivity index (χ0) is 16.9. The van der Waals surface area contributed by atoms with Gasteiger partial charge in [0.15, 0.2) is 11.4 Å². The van der Waals surface area contributed by atoms with E-state index in [1.54, 1.807) is 30.1 Å². The van der Waals surface area contributed by atoms with Gasteiger partial charge in [-0.3, -0.25) is 9.48 Å². The van der Waals surface area contributed by atoms with Crippen LogP contribution in [0.5, 0.6) is 0 Å². The Morgan fingerprint density at radius 1 is 1.25 bits per heavy atom. The maximum absolute atomic E-state index is 12.6. The molecule has 3 heterocycles. The summed E-state index contributed by atoms with van der Waals surface area (Å²) in [6.07, 6.45) is 2.74. The maximum atomic E-state index is 12.6. The third-order valence-corrected chi connectivity index (χ3v) is 4.23. The summed E-state index contributed by atoms with van der Waals surface area (Å²) in [6.45, 7) is 0.338. The van der Waals surface area contributed by atoms with Crippen molar-refractivity contribution in [2.45, 2.75) is 5.60 Å². The summed E-state index contributed by atoms with van der Waals surface area (Å²) < 4.78 is 1.51. The molecule has 1 aliphatic heterocycles. The molecule has 9 heteroatoms. The van der Waals surface area contributed by atoms with E-state index in [-0.39, 0.29) is 19.0 Å². The summed E-state index contributed by atoms with van der Waals surface area (Å²) in [4.78, 5) is 26.3. The van der Waals surface area contributed by atoms with Crippen LogP contribution in [0.4, 0.5) is 5.82 Å². The maximum Gasteiger partial charge on any atom is 0.254 e. The SMILES string of the molecule is Cn1ncnc1C1(O)CN(C(=O)c2ccc3c(N)ncnc3c2)C1. The van der Waals surface area contributed by atoms with Gasteiger partial charge < -0.3 is 15.7 Å². The van der Waals surface area contributed by atoms with Gasteiger partial charge in [0.05, 0.1) is 18.6 Å². The molecule has 3 aromatic rings. The average molecular weight is 325 g/mol. The molecule has 3 N–H and O–H groups in total. The Labute approximate surface area is 136 Å². The summed E-state index contributed by atoms with van der Waals surface area (Å²) in [5, 5.41) is 15.2. The van der Waals surface area contributed by atoms with E-state index < -0.39 is 5.60 Å². The average Bonchev–Trinajstić information content (AvgIpc) is 2.98. The van der Waals surface area contributed by atoms with Gasteiger partial charge in [-0.15, -0.1) is 0 Å². The number of benzene rings is 1. The smallest absolute Gasteiger partial charge is 0.254 e. The molecule has 1 saturated heterocycles. The normalized spacial score (nSPS) is 16.2. The fourth-order valence-electron chi connectivity index (χ4n) is 2.98. The summed E-state index contributed by atoms with van der Waals surface area (Å²) in [5.74, 6) is 0.645. The van der Waals surface area contributed by atoms with Gasteiger partial charge in [-0.05, 0) is 18.2 Å². The minimum Gasteiger partial charge on any atom is -0.383 e. The Kier molecular flexibility index (Phi) is 3.00. The first-order valence-corrected chi connectivity index (χ1v) is 7.34. The van der Waals surface area contributed by atoms with Gasteiger partial charge in [-0.2, -0.15) is 5.10 Å². The van der Waals surface area contributed by atoms with E-state index in [0.29, 0.717) is 28.1 Å². The number of β-amino-alcohol motifs (C(OH)–C–C–N with tert-alkyl or cyclic N) is 1. The third-order valence-electron chi connectivity index (χ3n) is 4.23. The third kappa shape index (κ3) is 2.09. The summed E-state index contributed by atoms with van der Waals surface area (Å²) in [6, 6.07) is 5.09. The number of nitrogens with zero attached hydrogens (tertiary/aromatic N) is 6. The number of nitrogens with two attached hydrogens (primary N) is 1. The highest BCUT2D eigenvalue weighted by molar-refractivity contribution is 5.99. The van der Waals surface area contributed by atoms with Crippen LogP contribution in [-0.2, 0) is 12.6 Å². The number of carbonyl (C=O) groups excluding carboxylic acids is 1. The second-order valence-corrected chi connectivity index (χ2v) is 5.89. The monoisotopic (exact) mass is 325 g/mol. The predicted molar refractivity (Wildman–Crippen MR) is 84.8 cm³/mol. The molecular weight excluding hydrogens is 310 g/mol. The first kappa shape index (κ1) is 14.5. The first-order chi connectivity index (χ1) is 11.5. The van der Waals surface area contributed by atoms with Gasteiger partial charge in [-0.1, -0.05) is 0 Å². The Morgan fingerprint density at radius 3 is 2.75 bits per heavy atom. The second kappa shape index (κ2) is 4.96. The Hall–Kier alpha value is -3.07. The molecule has 0 aliphatic carbocycles. The largest absolute Gasteiger partial charge is 0.383 e. The molecule has 2 aromatic heterocycles. The lowest BCUT2D eigenvalue weighted by atomic mass is 9.92. The van der Waals surface area contributed by atoms with E-state index in [1.807, 2.05) is 0 Å². The standard InChI is InChI=1S/C15H15N7O2/c1-21-14(19-8-20-21)15(24)5-22(6-15)13(23)9-2-3-10-11(4-9)17-7-18-12(10)16/h2-4,7-8,24H,5-6H2,1H3,(H2,16,17,18). The highest BCUT2D eigenvalue weighted by atomic mass is 16.3. The highest BCUT2D eigenvalue weighted by Gasteiger charge is 2.48. The van der Waals surface area contributed by atoms with Crippen molar-refractivity contribution in [1.82, 2.24) is 29.6 Å². The lowest BCUT2D eigenvalue weighted by molar-refractivity contribution is -0.0943. The number of hydrogen-bond donors (Lipinski definition) is 2. The van der Waals surface area contributed by atoms with Crippen LogP contribution < -0.4 is 5.73 Å². The van der Waals surface area contributed by atoms with Crippen LogP contribution in [0.25, 0.3) is 10.9 Å². The molecule has 122 valence electrons. The van der Waals surface area contributed by atoms with Gasteiger partial charge in [0.1, 0.15) is 18.5 Å². The summed E-state index contributed by atoms with van der Waals surface area (Å²) in [7, 11) is 1.71. The number of likely N-dealkylation sites (tertiary alicyclic amines) is 1. The number of nitrogen functional groups attached to an aromatic ring is 1. The number of carbonyl (C=O) groups is 1. The molecule has 0 atom stereocenters. The molecular formula is C15H15N7O2. The lowest BCUT2D eigenvalue weighted by Crippen LogP contribution is -2.62. The van der Waals surface area contributed by atoms with Crippen molar-refractivity contribution < 1.29 is 9.90 Å². The molecule has 0 bridgehead atoms. The Bertz CT molecular complexity index is 946. The quantitative estimate of drug-likeness (QED) is 0.662. The number of aromatic nitrogens is 5. The number of aliphatic hydroxyl groups is 1. The zero-order valence-electron chi connectivity index (χ0n) is 12.9. The summed E-state index contributed by atoms with van der Waals surface area (Å²) >= 11 is 0. The van der Waals surface area contributed by atoms with E-state index in [9.17, 15) is 9.90 Å². The second-order valence-electron chi connectivity index (χ2n) is 5.89. The minimum atomic E-state index is -1.16. The molecule has 24 heavy (non-hydrogen) atoms. The van der Waals surface area contributed by atoms with Crippen molar-refractivity contribution in [1.29, 1.82) is 0 Å². The van der Waals surface area contributed by atoms with E-state index in [1.165, 1.54) is 17.3 Å². The van der Waals surface area contributed by atoms with Crippen molar-refractivity contribution in [2.24, 2.45) is 7.05 Å². The minimum absolute atomic E-state index is 0.169. The molecule has 1 aliphatic rings. The number of aryl methyl sites for hydroxylation is 1. The zero-order valence-corrected chi connectivity index (χ0v) is 12.9. The molecule has 1 amide bonds. The van der Waals surface area contributed by atoms with Crippen LogP contribution in [0.15, 0.2) is 30.9 Å². The number of amides is 1. The van der Waals surface area contributed by atoms with Crippen molar-refractivity contribution in [3.05, 3.63) is 42.2 Å². The number of rotatable bonds is 2. The molecule has 0 spiro atoms. The fourth-order valence-corrected chi connectivity index (χ4v) is 2.98. The van der Waals surface area contributed by atoms with Crippen molar-refractivity contribution in [2.75, 3.05) is 18.8 Å². The molecule has 9 nitrogen and oxygen atoms in total. The molecule has 4 rings (SSSR count). The Balaban J connectivity index is 1.57. The number of anilines is 1. The predicted octanol–water partition coefficient (Wildman–Crippen LogP) is -0.316. The topological polar surface area (TPSA) is 123 Å². The molecule has 1 aromatic carbocycles. The van der Waals surface area contributed by atoms with Crippen LogP contribution in [0, 0.1) is 0 Å². The van der Waals surface area contributed by atoms with E-state index >= 15 is 0 Å². The van der Waals surface area contributed by atoms with Crippen molar-refractivity contribution in [3.8, 4) is 0 Å². The number of fused-ring (bicyclic) bond motifs is 1. The van der Waals surface area contributed by atoms with Gasteiger partial charge in [-0.25, -0.2) is 15.0 Å². The summed E-state index contributed by atoms with van der Waals surface area (Å²) in [5.41, 5.74) is 5.72. The van der Waals surface area contributed by atoms with Crippen LogP contribution in [-0.4, -0.2) is 53.7 Å². The fraction of sp³-hybridized carbons (Fsp3) is 0.267. The van der Waals surface area contributed by atoms with E-state index in [4.69, 9.17) is 5.73 Å². The van der Waals surface area contributed by atoms with E-state index in [0.717, 1.165) is 0 Å². The van der Waals surface area contributed by atoms with Gasteiger partial charge in [0.25, 0.3) is 5.91 Å². The van der Waals surface area contributed by atoms with Crippen molar-refractivity contribution >= 4 is 22.6 Å². The lowest BCUT2D eigenvalue weighted by Gasteiger charge is -2.45. The van der Waals surface area contributed by atoms with Gasteiger partial charge >= 0.3 is 0 Å². The van der Waals surface area contributed by atoms with Crippen LogP contribution >= 0.6 is 0 Å². The molecule has 0 radical (unpaired) electrons. The first-order valence-electron chi connectivity index (χ1n) is 7.34. The van der Waals surface area contributed by atoms with Crippen LogP contribution in [0.3, 0.4) is 0 Å². The van der Waals surface area contributed by atoms with E-state index in [2.05, 4.69) is 20.1 Å².